The van der Waals surface area contributed by atoms with Gasteiger partial charge in [-0.15, -0.1) is 0 Å². The van der Waals surface area contributed by atoms with Crippen molar-refractivity contribution in [2.24, 2.45) is 0 Å². The van der Waals surface area contributed by atoms with Crippen LogP contribution in [0.2, 0.25) is 0 Å². The summed E-state index contributed by atoms with van der Waals surface area (Å²) in [6.45, 7) is 1.55. The van der Waals surface area contributed by atoms with Crippen molar-refractivity contribution >= 4 is 5.97 Å². The van der Waals surface area contributed by atoms with Crippen molar-refractivity contribution in [1.29, 1.82) is 0 Å². The number of benzene rings is 1. The average molecular weight is 267 g/mol. The molecule has 2 rings (SSSR count). The van der Waals surface area contributed by atoms with Gasteiger partial charge in [-0.05, 0) is 51.1 Å². The molecule has 1 fully saturated rings. The fourth-order valence-electron chi connectivity index (χ4n) is 2.40. The number of carbonyl (C=O) groups is 1. The van der Waals surface area contributed by atoms with E-state index < -0.39 is 11.8 Å². The van der Waals surface area contributed by atoms with Crippen molar-refractivity contribution in [2.45, 2.75) is 25.3 Å². The standard InChI is InChI=1S/C14H18FNO3/c1-16-7-2-3-11(16)6-8-19-13-5-4-10(14(17)18)9-12(13)15/h4-5,9,11H,2-3,6-8H2,1H3,(H,17,18). The van der Waals surface area contributed by atoms with Gasteiger partial charge in [-0.25, -0.2) is 9.18 Å². The lowest BCUT2D eigenvalue weighted by Gasteiger charge is -2.19. The zero-order valence-electron chi connectivity index (χ0n) is 10.9. The summed E-state index contributed by atoms with van der Waals surface area (Å²) in [5.74, 6) is -1.65. The van der Waals surface area contributed by atoms with Gasteiger partial charge in [-0.2, -0.15) is 0 Å². The number of rotatable bonds is 5. The highest BCUT2D eigenvalue weighted by molar-refractivity contribution is 5.87. The van der Waals surface area contributed by atoms with Crippen LogP contribution in [0.5, 0.6) is 5.75 Å². The van der Waals surface area contributed by atoms with E-state index >= 15 is 0 Å². The molecular formula is C14H18FNO3. The summed E-state index contributed by atoms with van der Waals surface area (Å²) in [5, 5.41) is 8.74. The number of ether oxygens (including phenoxy) is 1. The summed E-state index contributed by atoms with van der Waals surface area (Å²) < 4.78 is 19.0. The highest BCUT2D eigenvalue weighted by atomic mass is 19.1. The van der Waals surface area contributed by atoms with E-state index in [1.54, 1.807) is 0 Å². The van der Waals surface area contributed by atoms with Crippen LogP contribution in [-0.4, -0.2) is 42.2 Å². The van der Waals surface area contributed by atoms with Crippen LogP contribution in [0.25, 0.3) is 0 Å². The first-order chi connectivity index (χ1) is 9.08. The molecule has 0 saturated carbocycles. The van der Waals surface area contributed by atoms with Crippen LogP contribution >= 0.6 is 0 Å². The van der Waals surface area contributed by atoms with Crippen molar-refractivity contribution in [3.05, 3.63) is 29.6 Å². The molecule has 0 spiro atoms. The molecule has 1 aromatic carbocycles. The van der Waals surface area contributed by atoms with E-state index in [0.717, 1.165) is 25.5 Å². The van der Waals surface area contributed by atoms with Gasteiger partial charge in [-0.1, -0.05) is 0 Å². The van der Waals surface area contributed by atoms with Gasteiger partial charge in [0, 0.05) is 6.04 Å². The molecule has 19 heavy (non-hydrogen) atoms. The highest BCUT2D eigenvalue weighted by Crippen LogP contribution is 2.21. The zero-order chi connectivity index (χ0) is 13.8. The number of aromatic carboxylic acids is 1. The lowest BCUT2D eigenvalue weighted by molar-refractivity contribution is 0.0696. The van der Waals surface area contributed by atoms with Crippen molar-refractivity contribution in [3.8, 4) is 5.75 Å². The predicted molar refractivity (Wildman–Crippen MR) is 69.1 cm³/mol. The fraction of sp³-hybridized carbons (Fsp3) is 0.500. The summed E-state index contributed by atoms with van der Waals surface area (Å²) in [7, 11) is 2.08. The van der Waals surface area contributed by atoms with Crippen LogP contribution in [0.15, 0.2) is 18.2 Å². The highest BCUT2D eigenvalue weighted by Gasteiger charge is 2.20. The quantitative estimate of drug-likeness (QED) is 0.890. The van der Waals surface area contributed by atoms with Gasteiger partial charge in [-0.3, -0.25) is 0 Å². The van der Waals surface area contributed by atoms with Crippen molar-refractivity contribution in [1.82, 2.24) is 4.90 Å². The lowest BCUT2D eigenvalue weighted by atomic mass is 10.1. The number of carboxylic acids is 1. The number of carboxylic acid groups (broad SMARTS) is 1. The Morgan fingerprint density at radius 1 is 1.58 bits per heavy atom. The minimum Gasteiger partial charge on any atom is -0.490 e. The largest absolute Gasteiger partial charge is 0.490 e. The number of likely N-dealkylation sites (tertiary alicyclic amines) is 1. The van der Waals surface area contributed by atoms with Crippen molar-refractivity contribution in [3.63, 3.8) is 0 Å². The predicted octanol–water partition coefficient (Wildman–Crippen LogP) is 2.39. The van der Waals surface area contributed by atoms with Gasteiger partial charge < -0.3 is 14.7 Å². The first-order valence-corrected chi connectivity index (χ1v) is 6.44. The van der Waals surface area contributed by atoms with Crippen LogP contribution in [0.1, 0.15) is 29.6 Å². The zero-order valence-corrected chi connectivity index (χ0v) is 10.9. The van der Waals surface area contributed by atoms with E-state index in [1.165, 1.54) is 18.6 Å². The third-order valence-electron chi connectivity index (χ3n) is 3.56. The molecule has 1 unspecified atom stereocenters. The lowest BCUT2D eigenvalue weighted by Crippen LogP contribution is -2.26. The second-order valence-electron chi connectivity index (χ2n) is 4.86. The molecular weight excluding hydrogens is 249 g/mol. The monoisotopic (exact) mass is 267 g/mol. The Bertz CT molecular complexity index is 464. The summed E-state index contributed by atoms with van der Waals surface area (Å²) in [6.07, 6.45) is 3.21. The molecule has 104 valence electrons. The minimum absolute atomic E-state index is 0.0691. The van der Waals surface area contributed by atoms with Gasteiger partial charge in [0.1, 0.15) is 0 Å². The van der Waals surface area contributed by atoms with E-state index in [0.29, 0.717) is 12.6 Å². The van der Waals surface area contributed by atoms with Crippen molar-refractivity contribution in [2.75, 3.05) is 20.2 Å². The maximum absolute atomic E-state index is 13.6. The summed E-state index contributed by atoms with van der Waals surface area (Å²) in [5.41, 5.74) is -0.0691. The summed E-state index contributed by atoms with van der Waals surface area (Å²) in [6, 6.07) is 4.21. The summed E-state index contributed by atoms with van der Waals surface area (Å²) in [4.78, 5) is 13.0. The fourth-order valence-corrected chi connectivity index (χ4v) is 2.40. The first-order valence-electron chi connectivity index (χ1n) is 6.44. The Balaban J connectivity index is 1.87. The Labute approximate surface area is 111 Å². The molecule has 1 N–H and O–H groups in total. The van der Waals surface area contributed by atoms with Gasteiger partial charge in [0.2, 0.25) is 0 Å². The molecule has 1 atom stereocenters. The second-order valence-corrected chi connectivity index (χ2v) is 4.86. The first kappa shape index (κ1) is 13.8. The minimum atomic E-state index is -1.14. The van der Waals surface area contributed by atoms with E-state index in [9.17, 15) is 9.18 Å². The second kappa shape index (κ2) is 6.02. The van der Waals surface area contributed by atoms with E-state index in [1.807, 2.05) is 0 Å². The van der Waals surface area contributed by atoms with E-state index in [-0.39, 0.29) is 11.3 Å². The molecule has 0 radical (unpaired) electrons. The smallest absolute Gasteiger partial charge is 0.335 e. The number of nitrogens with zero attached hydrogens (tertiary/aromatic N) is 1. The number of hydrogen-bond acceptors (Lipinski definition) is 3. The average Bonchev–Trinajstić information content (AvgIpc) is 2.77. The number of halogens is 1. The van der Waals surface area contributed by atoms with Gasteiger partial charge in [0.25, 0.3) is 0 Å². The maximum Gasteiger partial charge on any atom is 0.335 e. The molecule has 1 saturated heterocycles. The Hall–Kier alpha value is -1.62. The van der Waals surface area contributed by atoms with E-state index in [2.05, 4.69) is 11.9 Å². The van der Waals surface area contributed by atoms with Crippen molar-refractivity contribution < 1.29 is 19.0 Å². The SMILES string of the molecule is CN1CCCC1CCOc1ccc(C(=O)O)cc1F. The molecule has 0 bridgehead atoms. The Kier molecular flexibility index (Phi) is 4.37. The molecule has 1 heterocycles. The number of hydrogen-bond donors (Lipinski definition) is 1. The third-order valence-corrected chi connectivity index (χ3v) is 3.56. The van der Waals surface area contributed by atoms with Crippen LogP contribution < -0.4 is 4.74 Å². The molecule has 5 heteroatoms. The molecule has 0 aromatic heterocycles. The van der Waals surface area contributed by atoms with E-state index in [4.69, 9.17) is 9.84 Å². The van der Waals surface area contributed by atoms with Gasteiger partial charge in [0.15, 0.2) is 11.6 Å². The van der Waals surface area contributed by atoms with Crippen LogP contribution in [-0.2, 0) is 0 Å². The summed E-state index contributed by atoms with van der Waals surface area (Å²) >= 11 is 0. The molecule has 1 aromatic rings. The van der Waals surface area contributed by atoms with Crippen LogP contribution in [0, 0.1) is 5.82 Å². The van der Waals surface area contributed by atoms with Crippen LogP contribution in [0.4, 0.5) is 4.39 Å². The van der Waals surface area contributed by atoms with Gasteiger partial charge in [0.05, 0.1) is 12.2 Å². The molecule has 0 aliphatic carbocycles. The molecule has 1 aliphatic heterocycles. The molecule has 4 nitrogen and oxygen atoms in total. The molecule has 0 amide bonds. The topological polar surface area (TPSA) is 49.8 Å². The Morgan fingerprint density at radius 3 is 2.95 bits per heavy atom. The van der Waals surface area contributed by atoms with Gasteiger partial charge >= 0.3 is 5.97 Å². The normalized spacial score (nSPS) is 19.6. The van der Waals surface area contributed by atoms with Crippen LogP contribution in [0.3, 0.4) is 0 Å². The third kappa shape index (κ3) is 3.44. The maximum atomic E-state index is 13.6. The Morgan fingerprint density at radius 2 is 2.37 bits per heavy atom. The molecule has 1 aliphatic rings.